The first-order valence-electron chi connectivity index (χ1n) is 6.28. The van der Waals surface area contributed by atoms with Crippen LogP contribution in [0.5, 0.6) is 5.75 Å². The van der Waals surface area contributed by atoms with Crippen LogP contribution < -0.4 is 4.74 Å². The molecule has 0 amide bonds. The molecule has 106 valence electrons. The van der Waals surface area contributed by atoms with Gasteiger partial charge in [0.2, 0.25) is 0 Å². The highest BCUT2D eigenvalue weighted by Gasteiger charge is 2.12. The van der Waals surface area contributed by atoms with Gasteiger partial charge in [-0.2, -0.15) is 0 Å². The highest BCUT2D eigenvalue weighted by atomic mass is 79.9. The number of aliphatic hydroxyl groups is 1. The second-order valence-corrected chi connectivity index (χ2v) is 5.55. The van der Waals surface area contributed by atoms with E-state index in [-0.39, 0.29) is 5.82 Å². The number of aliphatic hydroxyl groups excluding tert-OH is 1. The maximum Gasteiger partial charge on any atom is 0.137 e. The molecule has 0 saturated carbocycles. The average Bonchev–Trinajstić information content (AvgIpc) is 2.43. The van der Waals surface area contributed by atoms with Crippen LogP contribution in [0.2, 0.25) is 0 Å². The molecule has 4 heteroatoms. The Morgan fingerprint density at radius 2 is 2.00 bits per heavy atom. The van der Waals surface area contributed by atoms with Crippen molar-refractivity contribution < 1.29 is 14.2 Å². The molecule has 1 N–H and O–H groups in total. The lowest BCUT2D eigenvalue weighted by atomic mass is 10.00. The Kier molecular flexibility index (Phi) is 4.78. The number of ether oxygens (including phenoxy) is 1. The first-order chi connectivity index (χ1) is 9.51. The highest BCUT2D eigenvalue weighted by Crippen LogP contribution is 2.26. The van der Waals surface area contributed by atoms with Crippen molar-refractivity contribution in [3.63, 3.8) is 0 Å². The lowest BCUT2D eigenvalue weighted by Crippen LogP contribution is -2.03. The topological polar surface area (TPSA) is 29.5 Å². The van der Waals surface area contributed by atoms with Gasteiger partial charge >= 0.3 is 0 Å². The molecule has 2 aromatic rings. The Hall–Kier alpha value is -1.39. The summed E-state index contributed by atoms with van der Waals surface area (Å²) in [7, 11) is 1.61. The van der Waals surface area contributed by atoms with Crippen molar-refractivity contribution in [3.05, 3.63) is 63.4 Å². The zero-order chi connectivity index (χ0) is 14.7. The fourth-order valence-electron chi connectivity index (χ4n) is 2.05. The van der Waals surface area contributed by atoms with Crippen LogP contribution in [-0.4, -0.2) is 12.2 Å². The van der Waals surface area contributed by atoms with E-state index in [1.165, 1.54) is 6.07 Å². The Balaban J connectivity index is 2.19. The van der Waals surface area contributed by atoms with E-state index in [4.69, 9.17) is 4.74 Å². The molecule has 0 aromatic heterocycles. The van der Waals surface area contributed by atoms with E-state index >= 15 is 0 Å². The third-order valence-corrected chi connectivity index (χ3v) is 3.84. The molecule has 2 aromatic carbocycles. The lowest BCUT2D eigenvalue weighted by molar-refractivity contribution is 0.178. The molecule has 0 radical (unpaired) electrons. The quantitative estimate of drug-likeness (QED) is 0.905. The number of benzene rings is 2. The molecular formula is C16H16BrFO2. The molecule has 0 heterocycles. The standard InChI is InChI=1S/C16H16BrFO2/c1-10-3-5-12(9-16(10)20-2)15(19)8-11-4-6-14(18)13(17)7-11/h3-7,9,15,19H,8H2,1-2H3. The Morgan fingerprint density at radius 3 is 2.65 bits per heavy atom. The van der Waals surface area contributed by atoms with Gasteiger partial charge in [0.05, 0.1) is 17.7 Å². The zero-order valence-corrected chi connectivity index (χ0v) is 12.9. The molecule has 2 nitrogen and oxygen atoms in total. The van der Waals surface area contributed by atoms with Crippen LogP contribution in [0.4, 0.5) is 4.39 Å². The number of hydrogen-bond donors (Lipinski definition) is 1. The van der Waals surface area contributed by atoms with Gasteiger partial charge < -0.3 is 9.84 Å². The number of hydrogen-bond acceptors (Lipinski definition) is 2. The second-order valence-electron chi connectivity index (χ2n) is 4.70. The molecule has 0 saturated heterocycles. The van der Waals surface area contributed by atoms with Gasteiger partial charge in [0.25, 0.3) is 0 Å². The lowest BCUT2D eigenvalue weighted by Gasteiger charge is -2.14. The monoisotopic (exact) mass is 338 g/mol. The predicted octanol–water partition coefficient (Wildman–Crippen LogP) is 4.18. The van der Waals surface area contributed by atoms with Gasteiger partial charge in [-0.1, -0.05) is 18.2 Å². The van der Waals surface area contributed by atoms with E-state index < -0.39 is 6.10 Å². The number of aryl methyl sites for hydroxylation is 1. The fourth-order valence-corrected chi connectivity index (χ4v) is 2.48. The summed E-state index contributed by atoms with van der Waals surface area (Å²) < 4.78 is 18.8. The molecular weight excluding hydrogens is 323 g/mol. The molecule has 20 heavy (non-hydrogen) atoms. The van der Waals surface area contributed by atoms with E-state index in [9.17, 15) is 9.50 Å². The van der Waals surface area contributed by atoms with Crippen molar-refractivity contribution in [2.45, 2.75) is 19.4 Å². The Bertz CT molecular complexity index is 613. The van der Waals surface area contributed by atoms with Crippen LogP contribution in [0.25, 0.3) is 0 Å². The van der Waals surface area contributed by atoms with Crippen LogP contribution in [0, 0.1) is 12.7 Å². The van der Waals surface area contributed by atoms with Gasteiger partial charge in [0, 0.05) is 6.42 Å². The first-order valence-corrected chi connectivity index (χ1v) is 7.07. The van der Waals surface area contributed by atoms with Gasteiger partial charge in [-0.15, -0.1) is 0 Å². The highest BCUT2D eigenvalue weighted by molar-refractivity contribution is 9.10. The number of methoxy groups -OCH3 is 1. The molecule has 2 rings (SSSR count). The molecule has 0 aliphatic rings. The maximum atomic E-state index is 13.2. The zero-order valence-electron chi connectivity index (χ0n) is 11.4. The van der Waals surface area contributed by atoms with E-state index in [0.29, 0.717) is 10.9 Å². The van der Waals surface area contributed by atoms with Gasteiger partial charge in [-0.05, 0) is 57.7 Å². The van der Waals surface area contributed by atoms with Crippen molar-refractivity contribution in [2.75, 3.05) is 7.11 Å². The fraction of sp³-hybridized carbons (Fsp3) is 0.250. The molecule has 0 aliphatic carbocycles. The third kappa shape index (κ3) is 3.38. The summed E-state index contributed by atoms with van der Waals surface area (Å²) in [6.07, 6.45) is -0.229. The summed E-state index contributed by atoms with van der Waals surface area (Å²) in [4.78, 5) is 0. The van der Waals surface area contributed by atoms with Gasteiger partial charge in [0.1, 0.15) is 11.6 Å². The first kappa shape index (κ1) is 15.0. The minimum atomic E-state index is -0.651. The number of rotatable bonds is 4. The largest absolute Gasteiger partial charge is 0.496 e. The maximum absolute atomic E-state index is 13.2. The summed E-state index contributed by atoms with van der Waals surface area (Å²) in [5.41, 5.74) is 2.67. The molecule has 0 fully saturated rings. The van der Waals surface area contributed by atoms with Crippen LogP contribution >= 0.6 is 15.9 Å². The van der Waals surface area contributed by atoms with Crippen LogP contribution in [0.15, 0.2) is 40.9 Å². The normalized spacial score (nSPS) is 12.2. The summed E-state index contributed by atoms with van der Waals surface area (Å²) in [5, 5.41) is 10.3. The molecule has 1 atom stereocenters. The molecule has 1 unspecified atom stereocenters. The van der Waals surface area contributed by atoms with Crippen molar-refractivity contribution in [3.8, 4) is 5.75 Å². The van der Waals surface area contributed by atoms with Gasteiger partial charge in [0.15, 0.2) is 0 Å². The van der Waals surface area contributed by atoms with Gasteiger partial charge in [-0.3, -0.25) is 0 Å². The average molecular weight is 339 g/mol. The van der Waals surface area contributed by atoms with Crippen LogP contribution in [0.3, 0.4) is 0 Å². The molecule has 0 aliphatic heterocycles. The Morgan fingerprint density at radius 1 is 1.25 bits per heavy atom. The minimum absolute atomic E-state index is 0.305. The van der Waals surface area contributed by atoms with E-state index in [1.54, 1.807) is 19.2 Å². The summed E-state index contributed by atoms with van der Waals surface area (Å²) in [5.74, 6) is 0.446. The van der Waals surface area contributed by atoms with Crippen molar-refractivity contribution in [1.29, 1.82) is 0 Å². The molecule has 0 bridgehead atoms. The summed E-state index contributed by atoms with van der Waals surface area (Å²) in [6.45, 7) is 1.95. The van der Waals surface area contributed by atoms with Crippen molar-refractivity contribution in [2.24, 2.45) is 0 Å². The summed E-state index contributed by atoms with van der Waals surface area (Å²) in [6, 6.07) is 10.4. The van der Waals surface area contributed by atoms with Crippen LogP contribution in [-0.2, 0) is 6.42 Å². The Labute approximate surface area is 126 Å². The second kappa shape index (κ2) is 6.37. The molecule has 0 spiro atoms. The van der Waals surface area contributed by atoms with E-state index in [1.807, 2.05) is 25.1 Å². The number of halogens is 2. The van der Waals surface area contributed by atoms with Gasteiger partial charge in [-0.25, -0.2) is 4.39 Å². The minimum Gasteiger partial charge on any atom is -0.496 e. The van der Waals surface area contributed by atoms with Crippen molar-refractivity contribution in [1.82, 2.24) is 0 Å². The summed E-state index contributed by atoms with van der Waals surface area (Å²) >= 11 is 3.15. The van der Waals surface area contributed by atoms with Crippen molar-refractivity contribution >= 4 is 15.9 Å². The predicted molar refractivity (Wildman–Crippen MR) is 80.5 cm³/mol. The SMILES string of the molecule is COc1cc(C(O)Cc2ccc(F)c(Br)c2)ccc1C. The van der Waals surface area contributed by atoms with Crippen LogP contribution in [0.1, 0.15) is 22.8 Å². The third-order valence-electron chi connectivity index (χ3n) is 3.23. The van der Waals surface area contributed by atoms with E-state index in [0.717, 1.165) is 22.4 Å². The smallest absolute Gasteiger partial charge is 0.137 e. The van der Waals surface area contributed by atoms with E-state index in [2.05, 4.69) is 15.9 Å².